The largest absolute Gasteiger partial charge is 0.353 e. The highest BCUT2D eigenvalue weighted by Crippen LogP contribution is 2.26. The molecular weight excluding hydrogens is 450 g/mol. The van der Waals surface area contributed by atoms with Gasteiger partial charge in [0.1, 0.15) is 0 Å². The van der Waals surface area contributed by atoms with Crippen molar-refractivity contribution in [2.24, 2.45) is 0 Å². The second-order valence-corrected chi connectivity index (χ2v) is 8.74. The molecule has 186 valence electrons. The summed E-state index contributed by atoms with van der Waals surface area (Å²) >= 11 is 0. The monoisotopic (exact) mass is 483 g/mol. The minimum atomic E-state index is -0.0904. The average Bonchev–Trinajstić information content (AvgIpc) is 2.94. The number of hydrogen-bond donors (Lipinski definition) is 1. The molecule has 36 heavy (non-hydrogen) atoms. The number of piperazine rings is 1. The molecule has 2 aromatic carbocycles. The van der Waals surface area contributed by atoms with Gasteiger partial charge in [-0.25, -0.2) is 4.79 Å². The van der Waals surface area contributed by atoms with Gasteiger partial charge in [0.2, 0.25) is 5.91 Å². The lowest BCUT2D eigenvalue weighted by Crippen LogP contribution is -2.52. The van der Waals surface area contributed by atoms with Gasteiger partial charge in [0.05, 0.1) is 11.4 Å². The van der Waals surface area contributed by atoms with Gasteiger partial charge in [0.15, 0.2) is 0 Å². The number of pyridine rings is 1. The van der Waals surface area contributed by atoms with Gasteiger partial charge in [-0.05, 0) is 61.4 Å². The van der Waals surface area contributed by atoms with Crippen LogP contribution in [0.5, 0.6) is 0 Å². The summed E-state index contributed by atoms with van der Waals surface area (Å²) in [6, 6.07) is 23.4. The van der Waals surface area contributed by atoms with Gasteiger partial charge >= 0.3 is 6.03 Å². The Labute approximate surface area is 213 Å². The van der Waals surface area contributed by atoms with E-state index < -0.39 is 0 Å². The van der Waals surface area contributed by atoms with E-state index in [0.29, 0.717) is 19.6 Å². The van der Waals surface area contributed by atoms with Crippen LogP contribution in [0.1, 0.15) is 18.4 Å². The van der Waals surface area contributed by atoms with Gasteiger partial charge in [-0.2, -0.15) is 0 Å². The van der Waals surface area contributed by atoms with Crippen LogP contribution in [0.25, 0.3) is 6.08 Å². The number of amides is 3. The van der Waals surface area contributed by atoms with Gasteiger partial charge < -0.3 is 10.2 Å². The fraction of sp³-hybridized carbons (Fsp3) is 0.276. The van der Waals surface area contributed by atoms with Crippen molar-refractivity contribution in [3.05, 3.63) is 96.8 Å². The summed E-state index contributed by atoms with van der Waals surface area (Å²) in [6.07, 6.45) is 8.65. The lowest BCUT2D eigenvalue weighted by atomic mass is 10.2. The maximum Gasteiger partial charge on any atom is 0.329 e. The van der Waals surface area contributed by atoms with Gasteiger partial charge in [0, 0.05) is 51.2 Å². The zero-order valence-corrected chi connectivity index (χ0v) is 20.5. The maximum atomic E-state index is 13.5. The number of urea groups is 1. The van der Waals surface area contributed by atoms with Crippen molar-refractivity contribution >= 4 is 29.4 Å². The Kier molecular flexibility index (Phi) is 9.22. The van der Waals surface area contributed by atoms with Crippen LogP contribution in [0.2, 0.25) is 0 Å². The third kappa shape index (κ3) is 7.26. The molecule has 3 aromatic rings. The smallest absolute Gasteiger partial charge is 0.329 e. The highest BCUT2D eigenvalue weighted by Gasteiger charge is 2.27. The van der Waals surface area contributed by atoms with Crippen molar-refractivity contribution in [2.75, 3.05) is 44.2 Å². The van der Waals surface area contributed by atoms with Crippen molar-refractivity contribution in [2.45, 2.75) is 12.8 Å². The molecule has 0 bridgehead atoms. The highest BCUT2D eigenvalue weighted by atomic mass is 16.2. The molecule has 4 rings (SSSR count). The van der Waals surface area contributed by atoms with Crippen LogP contribution in [0.3, 0.4) is 0 Å². The van der Waals surface area contributed by atoms with E-state index in [4.69, 9.17) is 0 Å². The van der Waals surface area contributed by atoms with Crippen LogP contribution in [0.4, 0.5) is 16.2 Å². The van der Waals surface area contributed by atoms with Crippen LogP contribution in [-0.4, -0.2) is 66.0 Å². The molecule has 7 nitrogen and oxygen atoms in total. The summed E-state index contributed by atoms with van der Waals surface area (Å²) in [4.78, 5) is 35.6. The van der Waals surface area contributed by atoms with Crippen molar-refractivity contribution in [3.8, 4) is 0 Å². The van der Waals surface area contributed by atoms with Crippen LogP contribution in [-0.2, 0) is 4.79 Å². The van der Waals surface area contributed by atoms with Crippen molar-refractivity contribution in [1.82, 2.24) is 20.1 Å². The number of para-hydroxylation sites is 2. The Morgan fingerprint density at radius 2 is 1.53 bits per heavy atom. The predicted molar refractivity (Wildman–Crippen MR) is 144 cm³/mol. The molecule has 0 saturated carbocycles. The van der Waals surface area contributed by atoms with Gasteiger partial charge in [-0.15, -0.1) is 0 Å². The van der Waals surface area contributed by atoms with Gasteiger partial charge in [0.25, 0.3) is 0 Å². The fourth-order valence-electron chi connectivity index (χ4n) is 4.21. The summed E-state index contributed by atoms with van der Waals surface area (Å²) in [6.45, 7) is 4.71. The second kappa shape index (κ2) is 13.2. The van der Waals surface area contributed by atoms with Crippen LogP contribution in [0.15, 0.2) is 91.3 Å². The van der Waals surface area contributed by atoms with Crippen molar-refractivity contribution < 1.29 is 9.59 Å². The molecule has 1 aromatic heterocycles. The van der Waals surface area contributed by atoms with Gasteiger partial charge in [-0.1, -0.05) is 42.5 Å². The molecule has 0 aliphatic carbocycles. The van der Waals surface area contributed by atoms with E-state index in [-0.39, 0.29) is 11.9 Å². The standard InChI is InChI=1S/C29H33N5O2/c35-28(16-15-25-10-9-17-30-24-25)31-18-7-8-19-32-20-22-33(23-21-32)29(36)34(26-11-3-1-4-12-26)27-13-5-2-6-14-27/h1-6,9-17,24H,7-8,18-23H2,(H,31,35). The fourth-order valence-corrected chi connectivity index (χ4v) is 4.21. The summed E-state index contributed by atoms with van der Waals surface area (Å²) in [5.41, 5.74) is 2.64. The molecule has 7 heteroatoms. The maximum absolute atomic E-state index is 13.5. The lowest BCUT2D eigenvalue weighted by Gasteiger charge is -2.37. The number of carbonyl (C=O) groups is 2. The van der Waals surface area contributed by atoms with E-state index in [1.807, 2.05) is 77.7 Å². The molecule has 2 heterocycles. The Balaban J connectivity index is 1.19. The summed E-state index contributed by atoms with van der Waals surface area (Å²) < 4.78 is 0. The molecule has 0 unspecified atom stereocenters. The Bertz CT molecular complexity index is 1070. The molecule has 1 saturated heterocycles. The third-order valence-electron chi connectivity index (χ3n) is 6.17. The molecule has 0 atom stereocenters. The zero-order chi connectivity index (χ0) is 25.0. The molecular formula is C29H33N5O2. The molecule has 1 N–H and O–H groups in total. The second-order valence-electron chi connectivity index (χ2n) is 8.74. The number of hydrogen-bond acceptors (Lipinski definition) is 4. The van der Waals surface area contributed by atoms with E-state index in [2.05, 4.69) is 15.2 Å². The number of aromatic nitrogens is 1. The summed E-state index contributed by atoms with van der Waals surface area (Å²) in [5.74, 6) is -0.0904. The van der Waals surface area contributed by atoms with Crippen LogP contribution >= 0.6 is 0 Å². The third-order valence-corrected chi connectivity index (χ3v) is 6.17. The average molecular weight is 484 g/mol. The first-order chi connectivity index (χ1) is 17.7. The molecule has 0 spiro atoms. The quantitative estimate of drug-likeness (QED) is 0.358. The lowest BCUT2D eigenvalue weighted by molar-refractivity contribution is -0.116. The molecule has 1 aliphatic rings. The number of carbonyl (C=O) groups excluding carboxylic acids is 2. The van der Waals surface area contributed by atoms with E-state index in [0.717, 1.165) is 49.4 Å². The normalized spacial score (nSPS) is 14.1. The number of unbranched alkanes of at least 4 members (excludes halogenated alkanes) is 1. The number of anilines is 2. The zero-order valence-electron chi connectivity index (χ0n) is 20.5. The first-order valence-electron chi connectivity index (χ1n) is 12.5. The number of rotatable bonds is 9. The topological polar surface area (TPSA) is 68.8 Å². The first-order valence-corrected chi connectivity index (χ1v) is 12.5. The molecule has 1 aliphatic heterocycles. The van der Waals surface area contributed by atoms with Crippen LogP contribution < -0.4 is 10.2 Å². The Hall–Kier alpha value is -3.97. The SMILES string of the molecule is O=C(C=Cc1cccnc1)NCCCCN1CCN(C(=O)N(c2ccccc2)c2ccccc2)CC1. The minimum absolute atomic E-state index is 0.00843. The van der Waals surface area contributed by atoms with Crippen molar-refractivity contribution in [3.63, 3.8) is 0 Å². The number of benzene rings is 2. The number of nitrogens with one attached hydrogen (secondary N) is 1. The van der Waals surface area contributed by atoms with E-state index >= 15 is 0 Å². The van der Waals surface area contributed by atoms with Crippen molar-refractivity contribution in [1.29, 1.82) is 0 Å². The Morgan fingerprint density at radius 1 is 0.861 bits per heavy atom. The van der Waals surface area contributed by atoms with E-state index in [1.165, 1.54) is 0 Å². The van der Waals surface area contributed by atoms with Gasteiger partial charge in [-0.3, -0.25) is 19.6 Å². The molecule has 1 fully saturated rings. The minimum Gasteiger partial charge on any atom is -0.353 e. The van der Waals surface area contributed by atoms with Crippen LogP contribution in [0, 0.1) is 0 Å². The van der Waals surface area contributed by atoms with E-state index in [9.17, 15) is 9.59 Å². The Morgan fingerprint density at radius 3 is 2.14 bits per heavy atom. The highest BCUT2D eigenvalue weighted by molar-refractivity contribution is 5.99. The predicted octanol–water partition coefficient (Wildman–Crippen LogP) is 4.57. The van der Waals surface area contributed by atoms with E-state index in [1.54, 1.807) is 29.4 Å². The summed E-state index contributed by atoms with van der Waals surface area (Å²) in [7, 11) is 0. The summed E-state index contributed by atoms with van der Waals surface area (Å²) in [5, 5.41) is 2.93. The molecule has 3 amide bonds. The first kappa shape index (κ1) is 25.1. The molecule has 0 radical (unpaired) electrons. The number of nitrogens with zero attached hydrogens (tertiary/aromatic N) is 4.